The molecule has 2 heteroatoms. The molecule has 0 unspecified atom stereocenters. The van der Waals surface area contributed by atoms with Crippen LogP contribution in [0.2, 0.25) is 0 Å². The Bertz CT molecular complexity index is 198. The van der Waals surface area contributed by atoms with Gasteiger partial charge in [0.2, 0.25) is 0 Å². The lowest BCUT2D eigenvalue weighted by Gasteiger charge is -1.92. The Balaban J connectivity index is 2.94. The minimum atomic E-state index is -0.205. The van der Waals surface area contributed by atoms with Crippen molar-refractivity contribution in [2.75, 3.05) is 0 Å². The van der Waals surface area contributed by atoms with E-state index >= 15 is 0 Å². The Labute approximate surface area is 58.1 Å². The summed E-state index contributed by atoms with van der Waals surface area (Å²) < 4.78 is 12.3. The number of thioether (sulfide) groups is 1. The lowest BCUT2D eigenvalue weighted by Crippen LogP contribution is -1.71. The number of hydrogen-bond donors (Lipinski definition) is 0. The number of halogens is 1. The first-order chi connectivity index (χ1) is 4.33. The van der Waals surface area contributed by atoms with E-state index in [0.29, 0.717) is 0 Å². The predicted molar refractivity (Wildman–Crippen MR) is 37.6 cm³/mol. The van der Waals surface area contributed by atoms with Crippen LogP contribution in [0.4, 0.5) is 4.39 Å². The molecule has 0 saturated carbocycles. The van der Waals surface area contributed by atoms with Crippen LogP contribution >= 0.6 is 11.8 Å². The third kappa shape index (κ3) is 1.72. The molecule has 0 atom stereocenters. The zero-order valence-electron chi connectivity index (χ0n) is 4.80. The highest BCUT2D eigenvalue weighted by molar-refractivity contribution is 8.00. The molecule has 0 saturated heterocycles. The molecule has 0 spiro atoms. The van der Waals surface area contributed by atoms with E-state index in [2.05, 4.69) is 6.26 Å². The van der Waals surface area contributed by atoms with E-state index in [9.17, 15) is 4.39 Å². The van der Waals surface area contributed by atoms with Crippen LogP contribution in [0.1, 0.15) is 0 Å². The molecule has 0 amide bonds. The average molecular weight is 141 g/mol. The number of rotatable bonds is 1. The summed E-state index contributed by atoms with van der Waals surface area (Å²) in [6, 6.07) is 6.36. The van der Waals surface area contributed by atoms with Gasteiger partial charge in [-0.15, -0.1) is 11.8 Å². The van der Waals surface area contributed by atoms with Gasteiger partial charge in [0, 0.05) is 11.2 Å². The van der Waals surface area contributed by atoms with Gasteiger partial charge in [0.25, 0.3) is 0 Å². The molecule has 0 N–H and O–H groups in total. The molecule has 1 aromatic carbocycles. The van der Waals surface area contributed by atoms with Crippen LogP contribution in [-0.2, 0) is 0 Å². The van der Waals surface area contributed by atoms with Crippen molar-refractivity contribution in [3.63, 3.8) is 0 Å². The molecule has 1 radical (unpaired) electrons. The van der Waals surface area contributed by atoms with E-state index in [1.165, 1.54) is 23.9 Å². The third-order valence-electron chi connectivity index (χ3n) is 0.963. The molecule has 0 aromatic heterocycles. The first-order valence-electron chi connectivity index (χ1n) is 2.50. The zero-order chi connectivity index (χ0) is 6.69. The SMILES string of the molecule is [CH2]Sc1cccc(F)c1. The fourth-order valence-corrected chi connectivity index (χ4v) is 0.927. The number of hydrogen-bond acceptors (Lipinski definition) is 1. The predicted octanol–water partition coefficient (Wildman–Crippen LogP) is 2.71. The lowest BCUT2D eigenvalue weighted by atomic mass is 10.4. The van der Waals surface area contributed by atoms with Crippen molar-refractivity contribution in [1.29, 1.82) is 0 Å². The molecule has 0 nitrogen and oxygen atoms in total. The monoisotopic (exact) mass is 141 g/mol. The van der Waals surface area contributed by atoms with Crippen molar-refractivity contribution in [3.8, 4) is 0 Å². The van der Waals surface area contributed by atoms with Crippen molar-refractivity contribution in [1.82, 2.24) is 0 Å². The standard InChI is InChI=1S/C7H6FS/c1-9-7-4-2-3-6(8)5-7/h2-5H,1H2. The molecular formula is C7H6FS. The van der Waals surface area contributed by atoms with E-state index in [4.69, 9.17) is 0 Å². The number of benzene rings is 1. The molecule has 0 aliphatic rings. The Hall–Kier alpha value is -0.500. The average Bonchev–Trinajstić information content (AvgIpc) is 1.88. The molecule has 1 rings (SSSR count). The Kier molecular flexibility index (Phi) is 2.11. The second-order valence-electron chi connectivity index (χ2n) is 1.60. The van der Waals surface area contributed by atoms with Gasteiger partial charge in [-0.1, -0.05) is 6.07 Å². The molecule has 9 heavy (non-hydrogen) atoms. The van der Waals surface area contributed by atoms with Gasteiger partial charge in [-0.25, -0.2) is 4.39 Å². The summed E-state index contributed by atoms with van der Waals surface area (Å²) in [6.45, 7) is 0. The first kappa shape index (κ1) is 6.62. The van der Waals surface area contributed by atoms with Crippen molar-refractivity contribution in [3.05, 3.63) is 36.3 Å². The van der Waals surface area contributed by atoms with Crippen LogP contribution in [-0.4, -0.2) is 0 Å². The molecule has 1 aromatic rings. The van der Waals surface area contributed by atoms with Crippen molar-refractivity contribution in [2.24, 2.45) is 0 Å². The van der Waals surface area contributed by atoms with Crippen LogP contribution in [0.5, 0.6) is 0 Å². The van der Waals surface area contributed by atoms with Gasteiger partial charge in [0.15, 0.2) is 0 Å². The van der Waals surface area contributed by atoms with Gasteiger partial charge in [-0.2, -0.15) is 0 Å². The Morgan fingerprint density at radius 1 is 1.44 bits per heavy atom. The van der Waals surface area contributed by atoms with E-state index in [1.807, 2.05) is 6.07 Å². The van der Waals surface area contributed by atoms with Gasteiger partial charge in [0.05, 0.1) is 0 Å². The minimum Gasteiger partial charge on any atom is -0.207 e. The van der Waals surface area contributed by atoms with Gasteiger partial charge >= 0.3 is 0 Å². The summed E-state index contributed by atoms with van der Waals surface area (Å²) in [5.41, 5.74) is 0. The maximum Gasteiger partial charge on any atom is 0.124 e. The van der Waals surface area contributed by atoms with Crippen LogP contribution in [0.15, 0.2) is 29.2 Å². The molecule has 0 bridgehead atoms. The van der Waals surface area contributed by atoms with Gasteiger partial charge in [0.1, 0.15) is 5.82 Å². The molecule has 0 heterocycles. The normalized spacial score (nSPS) is 9.56. The van der Waals surface area contributed by atoms with E-state index in [0.717, 1.165) is 4.90 Å². The Morgan fingerprint density at radius 2 is 2.22 bits per heavy atom. The fourth-order valence-electron chi connectivity index (χ4n) is 0.557. The zero-order valence-corrected chi connectivity index (χ0v) is 5.62. The lowest BCUT2D eigenvalue weighted by molar-refractivity contribution is 0.624. The summed E-state index contributed by atoms with van der Waals surface area (Å²) in [7, 11) is 0. The molecular weight excluding hydrogens is 135 g/mol. The minimum absolute atomic E-state index is 0.205. The van der Waals surface area contributed by atoms with Crippen LogP contribution in [0.3, 0.4) is 0 Å². The smallest absolute Gasteiger partial charge is 0.124 e. The van der Waals surface area contributed by atoms with Crippen LogP contribution in [0, 0.1) is 12.1 Å². The quantitative estimate of drug-likeness (QED) is 0.542. The second kappa shape index (κ2) is 2.87. The van der Waals surface area contributed by atoms with Crippen LogP contribution in [0.25, 0.3) is 0 Å². The molecule has 0 aliphatic carbocycles. The summed E-state index contributed by atoms with van der Waals surface area (Å²) >= 11 is 1.29. The Morgan fingerprint density at radius 3 is 2.67 bits per heavy atom. The highest BCUT2D eigenvalue weighted by Crippen LogP contribution is 2.15. The second-order valence-corrected chi connectivity index (χ2v) is 2.36. The van der Waals surface area contributed by atoms with Crippen molar-refractivity contribution < 1.29 is 4.39 Å². The molecule has 0 fully saturated rings. The van der Waals surface area contributed by atoms with E-state index < -0.39 is 0 Å². The largest absolute Gasteiger partial charge is 0.207 e. The summed E-state index contributed by atoms with van der Waals surface area (Å²) in [5, 5.41) is 0. The fraction of sp³-hybridized carbons (Fsp3) is 0. The molecule has 0 aliphatic heterocycles. The van der Waals surface area contributed by atoms with Crippen molar-refractivity contribution in [2.45, 2.75) is 4.90 Å². The van der Waals surface area contributed by atoms with Crippen LogP contribution < -0.4 is 0 Å². The van der Waals surface area contributed by atoms with Gasteiger partial charge in [-0.3, -0.25) is 0 Å². The topological polar surface area (TPSA) is 0 Å². The third-order valence-corrected chi connectivity index (χ3v) is 1.55. The highest BCUT2D eigenvalue weighted by atomic mass is 32.2. The van der Waals surface area contributed by atoms with Gasteiger partial charge in [-0.05, 0) is 18.2 Å². The maximum absolute atomic E-state index is 12.3. The summed E-state index contributed by atoms with van der Waals surface area (Å²) in [5.74, 6) is -0.205. The first-order valence-corrected chi connectivity index (χ1v) is 3.49. The summed E-state index contributed by atoms with van der Waals surface area (Å²) in [6.07, 6.45) is 3.55. The van der Waals surface area contributed by atoms with Crippen molar-refractivity contribution >= 4 is 11.8 Å². The maximum atomic E-state index is 12.3. The molecule has 47 valence electrons. The highest BCUT2D eigenvalue weighted by Gasteiger charge is 1.89. The summed E-state index contributed by atoms with van der Waals surface area (Å²) in [4.78, 5) is 0.856. The van der Waals surface area contributed by atoms with Gasteiger partial charge < -0.3 is 0 Å². The van der Waals surface area contributed by atoms with E-state index in [-0.39, 0.29) is 5.82 Å². The van der Waals surface area contributed by atoms with E-state index in [1.54, 1.807) is 6.07 Å².